The van der Waals surface area contributed by atoms with Gasteiger partial charge in [0, 0.05) is 24.2 Å². The molecular weight excluding hydrogens is 268 g/mol. The summed E-state index contributed by atoms with van der Waals surface area (Å²) in [6.07, 6.45) is 0.0809. The Morgan fingerprint density at radius 1 is 1.43 bits per heavy atom. The first-order chi connectivity index (χ1) is 9.77. The molecule has 21 heavy (non-hydrogen) atoms. The van der Waals surface area contributed by atoms with E-state index in [1.165, 1.54) is 0 Å². The molecule has 0 spiro atoms. The molecule has 5 nitrogen and oxygen atoms in total. The molecule has 0 radical (unpaired) electrons. The molecular formula is C16H22N2O3. The highest BCUT2D eigenvalue weighted by Gasteiger charge is 2.23. The fourth-order valence-corrected chi connectivity index (χ4v) is 2.06. The summed E-state index contributed by atoms with van der Waals surface area (Å²) >= 11 is 0. The van der Waals surface area contributed by atoms with E-state index in [1.54, 1.807) is 25.3 Å². The van der Waals surface area contributed by atoms with Gasteiger partial charge in [0.15, 0.2) is 0 Å². The minimum absolute atomic E-state index is 0.0809. The third-order valence-electron chi connectivity index (χ3n) is 3.31. The van der Waals surface area contributed by atoms with E-state index in [0.717, 1.165) is 5.56 Å². The van der Waals surface area contributed by atoms with Crippen LogP contribution in [0.4, 0.5) is 0 Å². The Balaban J connectivity index is 3.02. The number of benzene rings is 1. The van der Waals surface area contributed by atoms with Crippen LogP contribution in [0.2, 0.25) is 0 Å². The smallest absolute Gasteiger partial charge is 0.304 e. The minimum atomic E-state index is -0.818. The Kier molecular flexibility index (Phi) is 5.74. The number of hydrogen-bond donors (Lipinski definition) is 1. The van der Waals surface area contributed by atoms with Crippen LogP contribution in [-0.4, -0.2) is 35.2 Å². The standard InChI is InChI=1S/C16H22N2O3/c1-16(2,3)18(8-7-15(19)20)11-13-9-12(10-17)5-6-14(13)21-4/h5-6,9H,7-8,11H2,1-4H3,(H,19,20). The van der Waals surface area contributed by atoms with Crippen LogP contribution in [0.3, 0.4) is 0 Å². The van der Waals surface area contributed by atoms with Crippen molar-refractivity contribution in [1.82, 2.24) is 4.90 Å². The second-order valence-corrected chi connectivity index (χ2v) is 5.87. The molecule has 1 aromatic rings. The molecule has 5 heteroatoms. The molecule has 114 valence electrons. The van der Waals surface area contributed by atoms with Crippen LogP contribution >= 0.6 is 0 Å². The quantitative estimate of drug-likeness (QED) is 0.872. The average Bonchev–Trinajstić information content (AvgIpc) is 2.41. The topological polar surface area (TPSA) is 73.6 Å². The molecule has 1 aromatic carbocycles. The Labute approximate surface area is 125 Å². The van der Waals surface area contributed by atoms with E-state index in [1.807, 2.05) is 20.8 Å². The van der Waals surface area contributed by atoms with Crippen molar-refractivity contribution >= 4 is 5.97 Å². The summed E-state index contributed by atoms with van der Waals surface area (Å²) in [6.45, 7) is 7.09. The molecule has 1 N–H and O–H groups in total. The zero-order valence-corrected chi connectivity index (χ0v) is 13.0. The van der Waals surface area contributed by atoms with Crippen LogP contribution < -0.4 is 4.74 Å². The zero-order chi connectivity index (χ0) is 16.0. The van der Waals surface area contributed by atoms with E-state index < -0.39 is 5.97 Å². The van der Waals surface area contributed by atoms with E-state index in [2.05, 4.69) is 11.0 Å². The van der Waals surface area contributed by atoms with Crippen LogP contribution in [0.15, 0.2) is 18.2 Å². The Hall–Kier alpha value is -2.06. The number of hydrogen-bond acceptors (Lipinski definition) is 4. The van der Waals surface area contributed by atoms with Gasteiger partial charge in [-0.05, 0) is 39.0 Å². The number of aliphatic carboxylic acids is 1. The van der Waals surface area contributed by atoms with Gasteiger partial charge < -0.3 is 9.84 Å². The first-order valence-corrected chi connectivity index (χ1v) is 6.81. The van der Waals surface area contributed by atoms with Crippen LogP contribution in [0.25, 0.3) is 0 Å². The second-order valence-electron chi connectivity index (χ2n) is 5.87. The predicted octanol–water partition coefficient (Wildman–Crippen LogP) is 2.64. The maximum absolute atomic E-state index is 10.8. The van der Waals surface area contributed by atoms with E-state index in [9.17, 15) is 4.79 Å². The fraction of sp³-hybridized carbons (Fsp3) is 0.500. The normalized spacial score (nSPS) is 11.2. The van der Waals surface area contributed by atoms with Crippen molar-refractivity contribution in [2.75, 3.05) is 13.7 Å². The molecule has 0 aromatic heterocycles. The van der Waals surface area contributed by atoms with Crippen molar-refractivity contribution < 1.29 is 14.6 Å². The van der Waals surface area contributed by atoms with E-state index in [4.69, 9.17) is 15.1 Å². The molecule has 0 aliphatic rings. The summed E-state index contributed by atoms with van der Waals surface area (Å²) in [5, 5.41) is 17.9. The van der Waals surface area contributed by atoms with Gasteiger partial charge in [-0.1, -0.05) is 0 Å². The van der Waals surface area contributed by atoms with E-state index in [0.29, 0.717) is 24.4 Å². The fourth-order valence-electron chi connectivity index (χ4n) is 2.06. The van der Waals surface area contributed by atoms with E-state index in [-0.39, 0.29) is 12.0 Å². The molecule has 0 saturated carbocycles. The molecule has 0 bridgehead atoms. The predicted molar refractivity (Wildman–Crippen MR) is 80.1 cm³/mol. The summed E-state index contributed by atoms with van der Waals surface area (Å²) in [5.74, 6) is -0.111. The summed E-state index contributed by atoms with van der Waals surface area (Å²) in [4.78, 5) is 12.9. The summed E-state index contributed by atoms with van der Waals surface area (Å²) < 4.78 is 5.33. The lowest BCUT2D eigenvalue weighted by atomic mass is 10.0. The highest BCUT2D eigenvalue weighted by Crippen LogP contribution is 2.25. The van der Waals surface area contributed by atoms with Crippen LogP contribution in [0.5, 0.6) is 5.75 Å². The van der Waals surface area contributed by atoms with Gasteiger partial charge in [0.05, 0.1) is 25.2 Å². The van der Waals surface area contributed by atoms with Gasteiger partial charge in [0.25, 0.3) is 0 Å². The number of carbonyl (C=O) groups is 1. The number of nitrogens with zero attached hydrogens (tertiary/aromatic N) is 2. The first-order valence-electron chi connectivity index (χ1n) is 6.81. The van der Waals surface area contributed by atoms with Crippen LogP contribution in [0.1, 0.15) is 38.3 Å². The molecule has 0 heterocycles. The van der Waals surface area contributed by atoms with Crippen molar-refractivity contribution in [1.29, 1.82) is 5.26 Å². The van der Waals surface area contributed by atoms with Crippen LogP contribution in [-0.2, 0) is 11.3 Å². The summed E-state index contributed by atoms with van der Waals surface area (Å²) in [6, 6.07) is 7.38. The molecule has 0 saturated heterocycles. The molecule has 0 aliphatic heterocycles. The highest BCUT2D eigenvalue weighted by molar-refractivity contribution is 5.66. The summed E-state index contributed by atoms with van der Waals surface area (Å²) in [7, 11) is 1.59. The second kappa shape index (κ2) is 7.09. The third-order valence-corrected chi connectivity index (χ3v) is 3.31. The van der Waals surface area contributed by atoms with Gasteiger partial charge in [-0.3, -0.25) is 9.69 Å². The molecule has 0 atom stereocenters. The number of carboxylic acid groups (broad SMARTS) is 1. The maximum Gasteiger partial charge on any atom is 0.304 e. The number of rotatable bonds is 6. The monoisotopic (exact) mass is 290 g/mol. The minimum Gasteiger partial charge on any atom is -0.496 e. The number of carboxylic acids is 1. The average molecular weight is 290 g/mol. The third kappa shape index (κ3) is 5.09. The molecule has 0 amide bonds. The van der Waals surface area contributed by atoms with Crippen molar-refractivity contribution in [2.45, 2.75) is 39.3 Å². The Bertz CT molecular complexity index is 541. The van der Waals surface area contributed by atoms with Gasteiger partial charge in [0.1, 0.15) is 5.75 Å². The van der Waals surface area contributed by atoms with Gasteiger partial charge in [-0.2, -0.15) is 5.26 Å². The largest absolute Gasteiger partial charge is 0.496 e. The van der Waals surface area contributed by atoms with Crippen molar-refractivity contribution in [3.63, 3.8) is 0 Å². The Morgan fingerprint density at radius 3 is 2.57 bits per heavy atom. The van der Waals surface area contributed by atoms with Crippen molar-refractivity contribution in [3.8, 4) is 11.8 Å². The number of nitriles is 1. The molecule has 1 rings (SSSR count). The first kappa shape index (κ1) is 17.0. The number of methoxy groups -OCH3 is 1. The summed E-state index contributed by atoms with van der Waals surface area (Å²) in [5.41, 5.74) is 1.28. The van der Waals surface area contributed by atoms with Crippen molar-refractivity contribution in [3.05, 3.63) is 29.3 Å². The SMILES string of the molecule is COc1ccc(C#N)cc1CN(CCC(=O)O)C(C)(C)C. The molecule has 0 aliphatic carbocycles. The maximum atomic E-state index is 10.8. The lowest BCUT2D eigenvalue weighted by Crippen LogP contribution is -2.42. The Morgan fingerprint density at radius 2 is 2.10 bits per heavy atom. The lowest BCUT2D eigenvalue weighted by molar-refractivity contribution is -0.137. The van der Waals surface area contributed by atoms with Gasteiger partial charge >= 0.3 is 5.97 Å². The number of ether oxygens (including phenoxy) is 1. The molecule has 0 fully saturated rings. The van der Waals surface area contributed by atoms with Gasteiger partial charge in [0.2, 0.25) is 0 Å². The van der Waals surface area contributed by atoms with E-state index >= 15 is 0 Å². The zero-order valence-electron chi connectivity index (χ0n) is 13.0. The lowest BCUT2D eigenvalue weighted by Gasteiger charge is -2.35. The van der Waals surface area contributed by atoms with Crippen LogP contribution in [0, 0.1) is 11.3 Å². The van der Waals surface area contributed by atoms with Gasteiger partial charge in [-0.25, -0.2) is 0 Å². The van der Waals surface area contributed by atoms with Gasteiger partial charge in [-0.15, -0.1) is 0 Å². The highest BCUT2D eigenvalue weighted by atomic mass is 16.5. The van der Waals surface area contributed by atoms with Crippen molar-refractivity contribution in [2.24, 2.45) is 0 Å². The molecule has 0 unspecified atom stereocenters.